The Kier molecular flexibility index (Phi) is 1.52. The predicted octanol–water partition coefficient (Wildman–Crippen LogP) is 3.43. The lowest BCUT2D eigenvalue weighted by Gasteiger charge is -2.23. The fourth-order valence-electron chi connectivity index (χ4n) is 3.16. The molecule has 0 heterocycles. The number of aryl methyl sites for hydroxylation is 1. The zero-order chi connectivity index (χ0) is 8.84. The van der Waals surface area contributed by atoms with Crippen LogP contribution in [0.15, 0.2) is 18.2 Å². The molecule has 0 heteroatoms. The average molecular weight is 172 g/mol. The predicted molar refractivity (Wildman–Crippen MR) is 55.0 cm³/mol. The van der Waals surface area contributed by atoms with Gasteiger partial charge in [0.25, 0.3) is 0 Å². The first-order chi connectivity index (χ1) is 6.33. The van der Waals surface area contributed by atoms with E-state index < -0.39 is 0 Å². The molecule has 2 atom stereocenters. The summed E-state index contributed by atoms with van der Waals surface area (Å²) in [4.78, 5) is 0. The van der Waals surface area contributed by atoms with E-state index >= 15 is 0 Å². The Morgan fingerprint density at radius 2 is 2.15 bits per heavy atom. The zero-order valence-electron chi connectivity index (χ0n) is 8.22. The molecule has 0 saturated heterocycles. The third-order valence-corrected chi connectivity index (χ3v) is 3.79. The maximum absolute atomic E-state index is 2.40. The molecule has 2 aliphatic rings. The molecule has 0 aromatic heterocycles. The topological polar surface area (TPSA) is 0 Å². The highest BCUT2D eigenvalue weighted by Crippen LogP contribution is 2.45. The van der Waals surface area contributed by atoms with Crippen LogP contribution in [0.4, 0.5) is 0 Å². The van der Waals surface area contributed by atoms with E-state index in [0.717, 1.165) is 11.8 Å². The van der Waals surface area contributed by atoms with Gasteiger partial charge < -0.3 is 0 Å². The number of hydrogen-bond acceptors (Lipinski definition) is 0. The molecule has 2 aliphatic carbocycles. The third kappa shape index (κ3) is 1.12. The summed E-state index contributed by atoms with van der Waals surface area (Å²) in [5, 5.41) is 0. The monoisotopic (exact) mass is 172 g/mol. The van der Waals surface area contributed by atoms with Crippen LogP contribution in [0.1, 0.15) is 41.9 Å². The normalized spacial score (nSPS) is 30.2. The van der Waals surface area contributed by atoms with Gasteiger partial charge in [-0.25, -0.2) is 0 Å². The molecule has 1 aromatic carbocycles. The molecule has 1 fully saturated rings. The SMILES string of the molecule is Cc1ccc2c(c1)CC1CCC2C1. The van der Waals surface area contributed by atoms with Gasteiger partial charge in [0.2, 0.25) is 0 Å². The van der Waals surface area contributed by atoms with Gasteiger partial charge in [0, 0.05) is 0 Å². The lowest BCUT2D eigenvalue weighted by molar-refractivity contribution is 0.510. The molecule has 1 saturated carbocycles. The van der Waals surface area contributed by atoms with Gasteiger partial charge in [0.1, 0.15) is 0 Å². The Morgan fingerprint density at radius 1 is 1.23 bits per heavy atom. The summed E-state index contributed by atoms with van der Waals surface area (Å²) in [5.74, 6) is 1.92. The van der Waals surface area contributed by atoms with Crippen molar-refractivity contribution in [3.8, 4) is 0 Å². The van der Waals surface area contributed by atoms with Crippen molar-refractivity contribution in [1.29, 1.82) is 0 Å². The summed E-state index contributed by atoms with van der Waals surface area (Å²) in [6, 6.07) is 7.05. The molecule has 0 spiro atoms. The van der Waals surface area contributed by atoms with Crippen LogP contribution in [0.5, 0.6) is 0 Å². The smallest absolute Gasteiger partial charge is 0.0156 e. The lowest BCUT2D eigenvalue weighted by Crippen LogP contribution is -2.10. The first kappa shape index (κ1) is 7.61. The molecule has 2 bridgehead atoms. The van der Waals surface area contributed by atoms with Crippen molar-refractivity contribution >= 4 is 0 Å². The van der Waals surface area contributed by atoms with Gasteiger partial charge in [-0.2, -0.15) is 0 Å². The summed E-state index contributed by atoms with van der Waals surface area (Å²) in [7, 11) is 0. The summed E-state index contributed by atoms with van der Waals surface area (Å²) < 4.78 is 0. The van der Waals surface area contributed by atoms with Crippen LogP contribution in [0, 0.1) is 12.8 Å². The minimum Gasteiger partial charge on any atom is -0.0590 e. The van der Waals surface area contributed by atoms with Crippen molar-refractivity contribution in [3.63, 3.8) is 0 Å². The molecule has 0 N–H and O–H groups in total. The minimum absolute atomic E-state index is 0.911. The van der Waals surface area contributed by atoms with E-state index in [4.69, 9.17) is 0 Å². The van der Waals surface area contributed by atoms with E-state index in [1.807, 2.05) is 0 Å². The standard InChI is InChI=1S/C13H16/c1-9-2-5-13-11-4-3-10(7-11)8-12(13)6-9/h2,5-6,10-11H,3-4,7-8H2,1H3. The second-order valence-electron chi connectivity index (χ2n) is 4.78. The highest BCUT2D eigenvalue weighted by molar-refractivity contribution is 5.37. The molecule has 13 heavy (non-hydrogen) atoms. The molecule has 68 valence electrons. The van der Waals surface area contributed by atoms with E-state index in [0.29, 0.717) is 0 Å². The molecule has 1 aromatic rings. The summed E-state index contributed by atoms with van der Waals surface area (Å²) >= 11 is 0. The summed E-state index contributed by atoms with van der Waals surface area (Å²) in [5.41, 5.74) is 4.75. The average Bonchev–Trinajstić information content (AvgIpc) is 2.48. The first-order valence-corrected chi connectivity index (χ1v) is 5.42. The second-order valence-corrected chi connectivity index (χ2v) is 4.78. The maximum atomic E-state index is 2.40. The Hall–Kier alpha value is -0.780. The summed E-state index contributed by atoms with van der Waals surface area (Å²) in [6.45, 7) is 2.21. The van der Waals surface area contributed by atoms with Crippen molar-refractivity contribution < 1.29 is 0 Å². The minimum atomic E-state index is 0.911. The first-order valence-electron chi connectivity index (χ1n) is 5.42. The van der Waals surface area contributed by atoms with E-state index in [1.165, 1.54) is 31.2 Å². The molecule has 2 unspecified atom stereocenters. The Morgan fingerprint density at radius 3 is 3.08 bits per heavy atom. The zero-order valence-corrected chi connectivity index (χ0v) is 8.22. The van der Waals surface area contributed by atoms with Crippen LogP contribution in [-0.2, 0) is 6.42 Å². The fourth-order valence-corrected chi connectivity index (χ4v) is 3.16. The lowest BCUT2D eigenvalue weighted by atomic mass is 9.82. The third-order valence-electron chi connectivity index (χ3n) is 3.79. The van der Waals surface area contributed by atoms with Crippen LogP contribution >= 0.6 is 0 Å². The van der Waals surface area contributed by atoms with Crippen LogP contribution < -0.4 is 0 Å². The van der Waals surface area contributed by atoms with Crippen molar-refractivity contribution in [3.05, 3.63) is 34.9 Å². The van der Waals surface area contributed by atoms with Crippen LogP contribution in [-0.4, -0.2) is 0 Å². The Bertz CT molecular complexity index is 338. The second kappa shape index (κ2) is 2.60. The van der Waals surface area contributed by atoms with E-state index in [1.54, 1.807) is 11.1 Å². The molecule has 0 radical (unpaired) electrons. The van der Waals surface area contributed by atoms with Crippen molar-refractivity contribution in [2.45, 2.75) is 38.5 Å². The molecule has 0 nitrogen and oxygen atoms in total. The molecular weight excluding hydrogens is 156 g/mol. The Labute approximate surface area is 80.0 Å². The fraction of sp³-hybridized carbons (Fsp3) is 0.538. The van der Waals surface area contributed by atoms with Gasteiger partial charge in [-0.05, 0) is 55.6 Å². The van der Waals surface area contributed by atoms with Gasteiger partial charge in [-0.15, -0.1) is 0 Å². The van der Waals surface area contributed by atoms with Crippen molar-refractivity contribution in [1.82, 2.24) is 0 Å². The summed E-state index contributed by atoms with van der Waals surface area (Å²) in [6.07, 6.45) is 5.74. The van der Waals surface area contributed by atoms with Gasteiger partial charge in [0.05, 0.1) is 0 Å². The highest BCUT2D eigenvalue weighted by atomic mass is 14.4. The number of fused-ring (bicyclic) bond motifs is 4. The van der Waals surface area contributed by atoms with Crippen LogP contribution in [0.2, 0.25) is 0 Å². The molecule has 3 rings (SSSR count). The van der Waals surface area contributed by atoms with Gasteiger partial charge in [-0.3, -0.25) is 0 Å². The number of benzene rings is 1. The number of hydrogen-bond donors (Lipinski definition) is 0. The van der Waals surface area contributed by atoms with E-state index in [-0.39, 0.29) is 0 Å². The number of rotatable bonds is 0. The molecular formula is C13H16. The van der Waals surface area contributed by atoms with E-state index in [2.05, 4.69) is 25.1 Å². The quantitative estimate of drug-likeness (QED) is 0.562. The molecule has 0 aliphatic heterocycles. The van der Waals surface area contributed by atoms with Crippen LogP contribution in [0.25, 0.3) is 0 Å². The van der Waals surface area contributed by atoms with Crippen molar-refractivity contribution in [2.75, 3.05) is 0 Å². The molecule has 0 amide bonds. The van der Waals surface area contributed by atoms with Gasteiger partial charge >= 0.3 is 0 Å². The maximum Gasteiger partial charge on any atom is -0.0156 e. The Balaban J connectivity index is 2.12. The van der Waals surface area contributed by atoms with E-state index in [9.17, 15) is 0 Å². The largest absolute Gasteiger partial charge is 0.0590 e. The van der Waals surface area contributed by atoms with Gasteiger partial charge in [-0.1, -0.05) is 23.8 Å². The van der Waals surface area contributed by atoms with Gasteiger partial charge in [0.15, 0.2) is 0 Å². The van der Waals surface area contributed by atoms with Crippen molar-refractivity contribution in [2.24, 2.45) is 5.92 Å². The highest BCUT2D eigenvalue weighted by Gasteiger charge is 2.32. The van der Waals surface area contributed by atoms with Crippen LogP contribution in [0.3, 0.4) is 0 Å².